The first-order valence-electron chi connectivity index (χ1n) is 24.2. The molecule has 0 saturated carbocycles. The van der Waals surface area contributed by atoms with E-state index in [1.807, 2.05) is 48.5 Å². The van der Waals surface area contributed by atoms with Crippen LogP contribution in [0.25, 0.3) is 86.2 Å². The molecular formula is C62H50N4O4+2. The second kappa shape index (κ2) is 15.2. The zero-order valence-corrected chi connectivity index (χ0v) is 39.7. The fourth-order valence-electron chi connectivity index (χ4n) is 12.1. The molecule has 0 saturated heterocycles. The van der Waals surface area contributed by atoms with Crippen LogP contribution in [-0.4, -0.2) is 96.8 Å². The molecular weight excluding hydrogens is 865 g/mol. The third-order valence-electron chi connectivity index (χ3n) is 15.6. The minimum Gasteiger partial charge on any atom is -0.323 e. The third kappa shape index (κ3) is 6.30. The van der Waals surface area contributed by atoms with E-state index < -0.39 is 0 Å². The van der Waals surface area contributed by atoms with Crippen LogP contribution in [0.2, 0.25) is 0 Å². The number of carbonyl (C=O) groups is 4. The molecule has 2 heterocycles. The number of amides is 4. The number of rotatable bonds is 10. The van der Waals surface area contributed by atoms with Crippen molar-refractivity contribution in [3.8, 4) is 0 Å². The smallest absolute Gasteiger partial charge is 0.261 e. The molecule has 70 heavy (non-hydrogen) atoms. The van der Waals surface area contributed by atoms with Crippen molar-refractivity contribution in [1.29, 1.82) is 0 Å². The third-order valence-corrected chi connectivity index (χ3v) is 15.6. The van der Waals surface area contributed by atoms with Gasteiger partial charge in [0.05, 0.1) is 54.4 Å². The van der Waals surface area contributed by atoms with Gasteiger partial charge in [-0.25, -0.2) is 0 Å². The van der Waals surface area contributed by atoms with Crippen molar-refractivity contribution < 1.29 is 28.1 Å². The van der Waals surface area contributed by atoms with Crippen LogP contribution >= 0.6 is 0 Å². The molecule has 0 fully saturated rings. The van der Waals surface area contributed by atoms with Gasteiger partial charge in [-0.2, -0.15) is 0 Å². The highest BCUT2D eigenvalue weighted by molar-refractivity contribution is 6.41. The molecule has 0 bridgehead atoms. The van der Waals surface area contributed by atoms with Crippen LogP contribution < -0.4 is 0 Å². The molecule has 8 heteroatoms. The van der Waals surface area contributed by atoms with E-state index in [2.05, 4.69) is 137 Å². The summed E-state index contributed by atoms with van der Waals surface area (Å²) in [6, 6.07) is 53.8. The molecule has 0 unspecified atom stereocenters. The second-order valence-electron chi connectivity index (χ2n) is 20.9. The summed E-state index contributed by atoms with van der Waals surface area (Å²) < 4.78 is 1.15. The van der Waals surface area contributed by atoms with E-state index in [1.54, 1.807) is 0 Å². The first-order chi connectivity index (χ1) is 33.9. The monoisotopic (exact) mass is 914 g/mol. The predicted molar refractivity (Wildman–Crippen MR) is 283 cm³/mol. The summed E-state index contributed by atoms with van der Waals surface area (Å²) in [4.78, 5) is 61.1. The van der Waals surface area contributed by atoms with Crippen LogP contribution in [0, 0.1) is 0 Å². The maximum atomic E-state index is 14.6. The number of imide groups is 2. The largest absolute Gasteiger partial charge is 0.323 e. The lowest BCUT2D eigenvalue weighted by molar-refractivity contribution is -0.902. The zero-order chi connectivity index (χ0) is 47.8. The number of fused-ring (bicyclic) bond motifs is 6. The maximum Gasteiger partial charge on any atom is 0.261 e. The Morgan fingerprint density at radius 2 is 0.600 bits per heavy atom. The lowest BCUT2D eigenvalue weighted by Crippen LogP contribution is -2.49. The topological polar surface area (TPSA) is 74.8 Å². The molecule has 4 amide bonds. The Balaban J connectivity index is 0.804. The van der Waals surface area contributed by atoms with Crippen molar-refractivity contribution in [1.82, 2.24) is 9.80 Å². The van der Waals surface area contributed by atoms with E-state index in [0.717, 1.165) is 45.4 Å². The second-order valence-corrected chi connectivity index (χ2v) is 20.9. The highest BCUT2D eigenvalue weighted by Crippen LogP contribution is 2.46. The van der Waals surface area contributed by atoms with E-state index >= 15 is 0 Å². The van der Waals surface area contributed by atoms with Gasteiger partial charge in [-0.15, -0.1) is 0 Å². The molecule has 11 aromatic carbocycles. The average molecular weight is 915 g/mol. The Bertz CT molecular complexity index is 3640. The van der Waals surface area contributed by atoms with Crippen LogP contribution in [0.4, 0.5) is 0 Å². The summed E-state index contributed by atoms with van der Waals surface area (Å²) in [6.45, 7) is 3.12. The van der Waals surface area contributed by atoms with Crippen LogP contribution in [-0.2, 0) is 13.1 Å². The van der Waals surface area contributed by atoms with E-state index in [9.17, 15) is 19.2 Å². The quantitative estimate of drug-likeness (QED) is 0.0593. The molecule has 0 aliphatic carbocycles. The fraction of sp³-hybridized carbons (Fsp3) is 0.161. The van der Waals surface area contributed by atoms with Crippen molar-refractivity contribution >= 4 is 110 Å². The van der Waals surface area contributed by atoms with Gasteiger partial charge in [0.1, 0.15) is 13.1 Å². The van der Waals surface area contributed by atoms with Gasteiger partial charge in [-0.3, -0.25) is 29.0 Å². The minimum atomic E-state index is -0.295. The van der Waals surface area contributed by atoms with Crippen LogP contribution in [0.3, 0.4) is 0 Å². The molecule has 0 aromatic heterocycles. The van der Waals surface area contributed by atoms with E-state index in [-0.39, 0.29) is 36.7 Å². The Morgan fingerprint density at radius 1 is 0.329 bits per heavy atom. The summed E-state index contributed by atoms with van der Waals surface area (Å²) in [5.41, 5.74) is 4.53. The van der Waals surface area contributed by atoms with Crippen LogP contribution in [0.15, 0.2) is 158 Å². The van der Waals surface area contributed by atoms with Gasteiger partial charge in [0.25, 0.3) is 23.6 Å². The Hall–Kier alpha value is -8.04. The van der Waals surface area contributed by atoms with Crippen molar-refractivity contribution in [3.05, 3.63) is 191 Å². The summed E-state index contributed by atoms with van der Waals surface area (Å²) >= 11 is 0. The van der Waals surface area contributed by atoms with Gasteiger partial charge in [-0.05, 0) is 112 Å². The van der Waals surface area contributed by atoms with Gasteiger partial charge in [0, 0.05) is 44.2 Å². The number of carbonyl (C=O) groups excluding carboxylic acids is 4. The molecule has 0 atom stereocenters. The van der Waals surface area contributed by atoms with Crippen molar-refractivity contribution in [2.45, 2.75) is 13.1 Å². The number of quaternary nitrogens is 2. The molecule has 2 aliphatic rings. The maximum absolute atomic E-state index is 14.6. The Labute approximate surface area is 404 Å². The van der Waals surface area contributed by atoms with E-state index in [0.29, 0.717) is 55.1 Å². The molecule has 0 radical (unpaired) electrons. The van der Waals surface area contributed by atoms with Gasteiger partial charge in [-0.1, -0.05) is 121 Å². The van der Waals surface area contributed by atoms with Gasteiger partial charge in [0.2, 0.25) is 0 Å². The SMILES string of the molecule is C[N+](C)(CCN1C(=O)c2ccc3c4ccc5c6c(ccc(c7ccc(c2c37)C1=O)c64)C(=O)N(CC[N+](C)(C)Cc1c2ccccc2cc2ccccc12)C5=O)Cc1c2ccccc2cc2ccccc12. The average Bonchev–Trinajstić information content (AvgIpc) is 3.36. The van der Waals surface area contributed by atoms with Crippen molar-refractivity contribution in [3.63, 3.8) is 0 Å². The fourth-order valence-corrected chi connectivity index (χ4v) is 12.1. The number of hydrogen-bond acceptors (Lipinski definition) is 4. The molecule has 13 rings (SSSR count). The standard InChI is InChI=1S/C62H50N4O4/c1-65(2,35-53-41-17-9-5-13-37(41)33-38-14-6-10-18-42(38)53)31-29-63-59(67)49-25-21-45-47-23-27-51-58-52(28-24-48(56(47)58)46-22-26-50(60(63)68)57(49)55(45)46)62(70)64(61(51)69)30-32-66(3,4)36-54-43-19-11-7-15-39(43)34-40-16-8-12-20-44(40)54/h5-28,33-34H,29-32,35-36H2,1-4H3/q+2. The van der Waals surface area contributed by atoms with E-state index in [4.69, 9.17) is 0 Å². The molecule has 0 N–H and O–H groups in total. The Kier molecular flexibility index (Phi) is 9.16. The van der Waals surface area contributed by atoms with Crippen LogP contribution in [0.1, 0.15) is 52.6 Å². The van der Waals surface area contributed by atoms with Gasteiger partial charge >= 0.3 is 0 Å². The summed E-state index contributed by atoms with van der Waals surface area (Å²) in [6.07, 6.45) is 0. The highest BCUT2D eigenvalue weighted by Gasteiger charge is 2.38. The number of likely N-dealkylation sites (N-methyl/N-ethyl adjacent to an activating group) is 2. The summed E-state index contributed by atoms with van der Waals surface area (Å²) in [5, 5.41) is 16.1. The first-order valence-corrected chi connectivity index (χ1v) is 24.2. The normalized spacial score (nSPS) is 14.4. The Morgan fingerprint density at radius 3 is 0.886 bits per heavy atom. The molecule has 2 aliphatic heterocycles. The predicted octanol–water partition coefficient (Wildman–Crippen LogP) is 12.1. The summed E-state index contributed by atoms with van der Waals surface area (Å²) in [7, 11) is 8.66. The van der Waals surface area contributed by atoms with Crippen molar-refractivity contribution in [2.75, 3.05) is 54.4 Å². The molecule has 0 spiro atoms. The molecule has 340 valence electrons. The van der Waals surface area contributed by atoms with Gasteiger partial charge < -0.3 is 8.97 Å². The first kappa shape index (κ1) is 42.1. The lowest BCUT2D eigenvalue weighted by atomic mass is 9.82. The highest BCUT2D eigenvalue weighted by atomic mass is 16.2. The van der Waals surface area contributed by atoms with E-state index in [1.165, 1.54) is 64.0 Å². The number of benzene rings is 11. The van der Waals surface area contributed by atoms with Crippen molar-refractivity contribution in [2.24, 2.45) is 0 Å². The number of hydrogen-bond donors (Lipinski definition) is 0. The number of nitrogens with zero attached hydrogens (tertiary/aromatic N) is 4. The van der Waals surface area contributed by atoms with Gasteiger partial charge in [0.15, 0.2) is 0 Å². The molecule has 11 aromatic rings. The van der Waals surface area contributed by atoms with Crippen LogP contribution in [0.5, 0.6) is 0 Å². The molecule has 8 nitrogen and oxygen atoms in total. The summed E-state index contributed by atoms with van der Waals surface area (Å²) in [5.74, 6) is -1.18. The lowest BCUT2D eigenvalue weighted by Gasteiger charge is -2.35. The zero-order valence-electron chi connectivity index (χ0n) is 39.7. The minimum absolute atomic E-state index is 0.266.